The summed E-state index contributed by atoms with van der Waals surface area (Å²) in [5.41, 5.74) is 1.34. The van der Waals surface area contributed by atoms with Crippen LogP contribution in [0.3, 0.4) is 0 Å². The molecule has 0 spiro atoms. The smallest absolute Gasteiger partial charge is 0.118 e. The van der Waals surface area contributed by atoms with Crippen LogP contribution >= 0.6 is 0 Å². The van der Waals surface area contributed by atoms with Gasteiger partial charge in [0.05, 0.1) is 13.7 Å². The lowest BCUT2D eigenvalue weighted by atomic mass is 9.98. The fourth-order valence-corrected chi connectivity index (χ4v) is 2.71. The molecule has 1 N–H and O–H groups in total. The third-order valence-corrected chi connectivity index (χ3v) is 3.92. The fraction of sp³-hybridized carbons (Fsp3) is 0.625. The summed E-state index contributed by atoms with van der Waals surface area (Å²) in [5, 5.41) is 3.69. The molecule has 1 aliphatic heterocycles. The molecular weight excluding hydrogens is 238 g/mol. The summed E-state index contributed by atoms with van der Waals surface area (Å²) in [4.78, 5) is 0. The van der Waals surface area contributed by atoms with Crippen molar-refractivity contribution in [2.24, 2.45) is 5.92 Å². The maximum atomic E-state index is 5.45. The number of methoxy groups -OCH3 is 1. The lowest BCUT2D eigenvalue weighted by Gasteiger charge is -2.24. The van der Waals surface area contributed by atoms with E-state index < -0.39 is 0 Å². The summed E-state index contributed by atoms with van der Waals surface area (Å²) in [7, 11) is 1.70. The van der Waals surface area contributed by atoms with Gasteiger partial charge < -0.3 is 14.8 Å². The first-order chi connectivity index (χ1) is 9.19. The van der Waals surface area contributed by atoms with Crippen molar-refractivity contribution in [2.75, 3.05) is 20.3 Å². The lowest BCUT2D eigenvalue weighted by Crippen LogP contribution is -2.40. The van der Waals surface area contributed by atoms with Crippen LogP contribution in [0.5, 0.6) is 5.75 Å². The van der Waals surface area contributed by atoms with Crippen molar-refractivity contribution in [2.45, 2.75) is 38.8 Å². The third kappa shape index (κ3) is 4.22. The van der Waals surface area contributed by atoms with Crippen LogP contribution < -0.4 is 10.1 Å². The number of rotatable bonds is 6. The van der Waals surface area contributed by atoms with Crippen molar-refractivity contribution in [1.82, 2.24) is 5.32 Å². The van der Waals surface area contributed by atoms with E-state index in [0.29, 0.717) is 18.0 Å². The quantitative estimate of drug-likeness (QED) is 0.856. The van der Waals surface area contributed by atoms with Crippen LogP contribution in [0.4, 0.5) is 0 Å². The molecule has 1 aromatic rings. The van der Waals surface area contributed by atoms with E-state index in [9.17, 15) is 0 Å². The Morgan fingerprint density at radius 2 is 2.05 bits per heavy atom. The van der Waals surface area contributed by atoms with Crippen molar-refractivity contribution in [3.05, 3.63) is 29.8 Å². The maximum Gasteiger partial charge on any atom is 0.118 e. The molecule has 1 heterocycles. The van der Waals surface area contributed by atoms with Gasteiger partial charge in [0.15, 0.2) is 0 Å². The second kappa shape index (κ2) is 6.92. The highest BCUT2D eigenvalue weighted by Gasteiger charge is 2.23. The second-order valence-electron chi connectivity index (χ2n) is 5.53. The molecule has 3 heteroatoms. The minimum absolute atomic E-state index is 0.476. The zero-order chi connectivity index (χ0) is 13.7. The first-order valence-corrected chi connectivity index (χ1v) is 7.15. The van der Waals surface area contributed by atoms with E-state index >= 15 is 0 Å². The van der Waals surface area contributed by atoms with Crippen molar-refractivity contribution in [3.63, 3.8) is 0 Å². The summed E-state index contributed by atoms with van der Waals surface area (Å²) in [6.07, 6.45) is 2.23. The fourth-order valence-electron chi connectivity index (χ4n) is 2.71. The Kier molecular flexibility index (Phi) is 5.23. The molecule has 1 fully saturated rings. The largest absolute Gasteiger partial charge is 0.497 e. The Balaban J connectivity index is 1.80. The van der Waals surface area contributed by atoms with Gasteiger partial charge in [-0.3, -0.25) is 0 Å². The molecule has 1 aliphatic rings. The average Bonchev–Trinajstić information content (AvgIpc) is 2.93. The van der Waals surface area contributed by atoms with Crippen LogP contribution in [0.15, 0.2) is 24.3 Å². The highest BCUT2D eigenvalue weighted by molar-refractivity contribution is 5.27. The summed E-state index contributed by atoms with van der Waals surface area (Å²) in [6, 6.07) is 9.33. The molecule has 106 valence electrons. The van der Waals surface area contributed by atoms with E-state index in [1.807, 2.05) is 12.1 Å². The first kappa shape index (κ1) is 14.4. The normalized spacial score (nSPS) is 22.2. The molecule has 0 radical (unpaired) electrons. The van der Waals surface area contributed by atoms with E-state index in [2.05, 4.69) is 31.3 Å². The number of ether oxygens (including phenoxy) is 2. The van der Waals surface area contributed by atoms with Gasteiger partial charge in [0.2, 0.25) is 0 Å². The van der Waals surface area contributed by atoms with Gasteiger partial charge in [0.25, 0.3) is 0 Å². The molecule has 3 atom stereocenters. The Morgan fingerprint density at radius 1 is 1.32 bits per heavy atom. The van der Waals surface area contributed by atoms with E-state index in [4.69, 9.17) is 9.47 Å². The molecule has 2 rings (SSSR count). The van der Waals surface area contributed by atoms with Gasteiger partial charge in [0, 0.05) is 18.7 Å². The second-order valence-corrected chi connectivity index (χ2v) is 5.53. The van der Waals surface area contributed by atoms with Crippen molar-refractivity contribution >= 4 is 0 Å². The van der Waals surface area contributed by atoms with E-state index in [-0.39, 0.29) is 0 Å². The molecule has 19 heavy (non-hydrogen) atoms. The van der Waals surface area contributed by atoms with Crippen LogP contribution in [-0.4, -0.2) is 32.4 Å². The minimum atomic E-state index is 0.476. The van der Waals surface area contributed by atoms with Crippen LogP contribution in [-0.2, 0) is 11.2 Å². The van der Waals surface area contributed by atoms with Crippen LogP contribution in [0.25, 0.3) is 0 Å². The molecule has 0 aliphatic carbocycles. The van der Waals surface area contributed by atoms with E-state index in [1.165, 1.54) is 12.0 Å². The molecule has 0 bridgehead atoms. The summed E-state index contributed by atoms with van der Waals surface area (Å²) in [6.45, 7) is 6.34. The van der Waals surface area contributed by atoms with Gasteiger partial charge >= 0.3 is 0 Å². The SMILES string of the molecule is COc1ccc(CC(C)NC(C)C2CCOC2)cc1. The summed E-state index contributed by atoms with van der Waals surface area (Å²) >= 11 is 0. The van der Waals surface area contributed by atoms with Crippen LogP contribution in [0.2, 0.25) is 0 Å². The predicted molar refractivity (Wildman–Crippen MR) is 77.7 cm³/mol. The first-order valence-electron chi connectivity index (χ1n) is 7.15. The third-order valence-electron chi connectivity index (χ3n) is 3.92. The Bertz CT molecular complexity index is 371. The number of benzene rings is 1. The summed E-state index contributed by atoms with van der Waals surface area (Å²) < 4.78 is 10.6. The number of nitrogens with one attached hydrogen (secondary N) is 1. The van der Waals surface area contributed by atoms with Gasteiger partial charge in [-0.1, -0.05) is 12.1 Å². The van der Waals surface area contributed by atoms with Crippen molar-refractivity contribution < 1.29 is 9.47 Å². The molecule has 3 unspecified atom stereocenters. The van der Waals surface area contributed by atoms with E-state index in [0.717, 1.165) is 25.4 Å². The summed E-state index contributed by atoms with van der Waals surface area (Å²) in [5.74, 6) is 1.58. The van der Waals surface area contributed by atoms with Crippen molar-refractivity contribution in [3.8, 4) is 5.75 Å². The van der Waals surface area contributed by atoms with Gasteiger partial charge in [-0.15, -0.1) is 0 Å². The van der Waals surface area contributed by atoms with Gasteiger partial charge in [-0.05, 0) is 50.3 Å². The monoisotopic (exact) mass is 263 g/mol. The lowest BCUT2D eigenvalue weighted by molar-refractivity contribution is 0.177. The molecule has 0 amide bonds. The number of hydrogen-bond acceptors (Lipinski definition) is 3. The van der Waals surface area contributed by atoms with Crippen LogP contribution in [0, 0.1) is 5.92 Å². The zero-order valence-corrected chi connectivity index (χ0v) is 12.2. The molecule has 3 nitrogen and oxygen atoms in total. The molecule has 1 saturated heterocycles. The highest BCUT2D eigenvalue weighted by atomic mass is 16.5. The van der Waals surface area contributed by atoms with Gasteiger partial charge in [-0.25, -0.2) is 0 Å². The topological polar surface area (TPSA) is 30.5 Å². The maximum absolute atomic E-state index is 5.45. The highest BCUT2D eigenvalue weighted by Crippen LogP contribution is 2.18. The molecular formula is C16H25NO2. The average molecular weight is 263 g/mol. The zero-order valence-electron chi connectivity index (χ0n) is 12.2. The van der Waals surface area contributed by atoms with Crippen molar-refractivity contribution in [1.29, 1.82) is 0 Å². The Labute approximate surface area is 116 Å². The minimum Gasteiger partial charge on any atom is -0.497 e. The molecule has 0 saturated carbocycles. The molecule has 1 aromatic carbocycles. The predicted octanol–water partition coefficient (Wildman–Crippen LogP) is 2.64. The standard InChI is InChI=1S/C16H25NO2/c1-12(17-13(2)15-8-9-19-11-15)10-14-4-6-16(18-3)7-5-14/h4-7,12-13,15,17H,8-11H2,1-3H3. The van der Waals surface area contributed by atoms with Gasteiger partial charge in [0.1, 0.15) is 5.75 Å². The number of hydrogen-bond donors (Lipinski definition) is 1. The Hall–Kier alpha value is -1.06. The molecule has 0 aromatic heterocycles. The van der Waals surface area contributed by atoms with E-state index in [1.54, 1.807) is 7.11 Å². The Morgan fingerprint density at radius 3 is 2.63 bits per heavy atom. The van der Waals surface area contributed by atoms with Crippen LogP contribution in [0.1, 0.15) is 25.8 Å². The van der Waals surface area contributed by atoms with Gasteiger partial charge in [-0.2, -0.15) is 0 Å².